The smallest absolute Gasteiger partial charge is 0.216 e. The fourth-order valence-corrected chi connectivity index (χ4v) is 2.89. The monoisotopic (exact) mass is 463 g/mol. The lowest BCUT2D eigenvalue weighted by Crippen LogP contribution is -2.39. The first-order chi connectivity index (χ1) is 11.6. The van der Waals surface area contributed by atoms with Crippen molar-refractivity contribution in [2.75, 3.05) is 32.7 Å². The van der Waals surface area contributed by atoms with Crippen LogP contribution in [0, 0.1) is 19.8 Å². The zero-order valence-corrected chi connectivity index (χ0v) is 18.4. The summed E-state index contributed by atoms with van der Waals surface area (Å²) in [6.45, 7) is 14.2. The van der Waals surface area contributed by atoms with Gasteiger partial charge in [0.15, 0.2) is 5.96 Å². The fourth-order valence-electron chi connectivity index (χ4n) is 2.89. The first-order valence-corrected chi connectivity index (χ1v) is 9.26. The van der Waals surface area contributed by atoms with Gasteiger partial charge in [0.2, 0.25) is 5.89 Å². The second-order valence-electron chi connectivity index (χ2n) is 6.75. The summed E-state index contributed by atoms with van der Waals surface area (Å²) in [5, 5.41) is 6.68. The predicted molar refractivity (Wildman–Crippen MR) is 114 cm³/mol. The fraction of sp³-hybridized carbons (Fsp3) is 0.778. The van der Waals surface area contributed by atoms with E-state index in [0.29, 0.717) is 12.4 Å². The SMILES string of the molecule is CCNC(=NCc1nc(C)c(C)o1)NCCCN1CCC(C)CC1.I. The quantitative estimate of drug-likeness (QED) is 0.282. The number of nitrogens with zero attached hydrogens (tertiary/aromatic N) is 3. The van der Waals surface area contributed by atoms with Gasteiger partial charge >= 0.3 is 0 Å². The summed E-state index contributed by atoms with van der Waals surface area (Å²) in [4.78, 5) is 11.5. The minimum absolute atomic E-state index is 0. The molecule has 0 saturated carbocycles. The van der Waals surface area contributed by atoms with Crippen LogP contribution in [0.3, 0.4) is 0 Å². The summed E-state index contributed by atoms with van der Waals surface area (Å²) < 4.78 is 5.58. The molecule has 0 unspecified atom stereocenters. The Morgan fingerprint density at radius 3 is 2.60 bits per heavy atom. The summed E-state index contributed by atoms with van der Waals surface area (Å²) >= 11 is 0. The Morgan fingerprint density at radius 2 is 2.00 bits per heavy atom. The third-order valence-corrected chi connectivity index (χ3v) is 4.61. The highest BCUT2D eigenvalue weighted by Crippen LogP contribution is 2.15. The Labute approximate surface area is 169 Å². The molecule has 1 aliphatic heterocycles. The van der Waals surface area contributed by atoms with Crippen molar-refractivity contribution in [3.05, 3.63) is 17.3 Å². The number of halogens is 1. The van der Waals surface area contributed by atoms with Crippen molar-refractivity contribution >= 4 is 29.9 Å². The molecule has 1 saturated heterocycles. The Kier molecular flexibility index (Phi) is 10.4. The minimum atomic E-state index is 0. The van der Waals surface area contributed by atoms with E-state index >= 15 is 0 Å². The average molecular weight is 463 g/mol. The number of aryl methyl sites for hydroxylation is 2. The Hall–Kier alpha value is -0.830. The molecule has 25 heavy (non-hydrogen) atoms. The number of nitrogens with one attached hydrogen (secondary N) is 2. The van der Waals surface area contributed by atoms with E-state index in [1.807, 2.05) is 13.8 Å². The number of hydrogen-bond donors (Lipinski definition) is 2. The van der Waals surface area contributed by atoms with Crippen molar-refractivity contribution in [1.82, 2.24) is 20.5 Å². The number of aromatic nitrogens is 1. The number of piperidine rings is 1. The second-order valence-corrected chi connectivity index (χ2v) is 6.75. The van der Waals surface area contributed by atoms with Gasteiger partial charge in [0.1, 0.15) is 12.3 Å². The topological polar surface area (TPSA) is 65.7 Å². The molecule has 1 aliphatic rings. The average Bonchev–Trinajstić information content (AvgIpc) is 2.89. The van der Waals surface area contributed by atoms with E-state index in [2.05, 4.69) is 39.4 Å². The van der Waals surface area contributed by atoms with Gasteiger partial charge in [-0.2, -0.15) is 0 Å². The van der Waals surface area contributed by atoms with Crippen molar-refractivity contribution in [3.63, 3.8) is 0 Å². The molecule has 0 amide bonds. The molecule has 0 bridgehead atoms. The summed E-state index contributed by atoms with van der Waals surface area (Å²) in [5.74, 6) is 3.27. The molecule has 0 radical (unpaired) electrons. The summed E-state index contributed by atoms with van der Waals surface area (Å²) in [5.41, 5.74) is 0.939. The molecule has 1 fully saturated rings. The van der Waals surface area contributed by atoms with Gasteiger partial charge in [-0.3, -0.25) is 0 Å². The highest BCUT2D eigenvalue weighted by Gasteiger charge is 2.14. The van der Waals surface area contributed by atoms with Crippen LogP contribution < -0.4 is 10.6 Å². The number of oxazole rings is 1. The van der Waals surface area contributed by atoms with Gasteiger partial charge in [0.05, 0.1) is 5.69 Å². The zero-order valence-electron chi connectivity index (χ0n) is 16.1. The van der Waals surface area contributed by atoms with Crippen LogP contribution in [-0.4, -0.2) is 48.6 Å². The summed E-state index contributed by atoms with van der Waals surface area (Å²) in [7, 11) is 0. The molecule has 6 nitrogen and oxygen atoms in total. The normalized spacial score (nSPS) is 16.6. The predicted octanol–water partition coefficient (Wildman–Crippen LogP) is 3.09. The lowest BCUT2D eigenvalue weighted by atomic mass is 9.99. The Balaban J connectivity index is 0.00000312. The maximum atomic E-state index is 5.58. The first kappa shape index (κ1) is 22.2. The second kappa shape index (κ2) is 11.7. The minimum Gasteiger partial charge on any atom is -0.444 e. The van der Waals surface area contributed by atoms with E-state index < -0.39 is 0 Å². The maximum absolute atomic E-state index is 5.58. The number of rotatable bonds is 7. The Morgan fingerprint density at radius 1 is 1.28 bits per heavy atom. The molecule has 0 aliphatic carbocycles. The highest BCUT2D eigenvalue weighted by molar-refractivity contribution is 14.0. The molecule has 7 heteroatoms. The molecule has 1 aromatic heterocycles. The van der Waals surface area contributed by atoms with E-state index in [1.165, 1.54) is 25.9 Å². The van der Waals surface area contributed by atoms with Crippen molar-refractivity contribution in [3.8, 4) is 0 Å². The molecular formula is C18H34IN5O. The van der Waals surface area contributed by atoms with E-state index in [1.54, 1.807) is 0 Å². The van der Waals surface area contributed by atoms with E-state index in [4.69, 9.17) is 4.42 Å². The van der Waals surface area contributed by atoms with Crippen molar-refractivity contribution in [2.45, 2.75) is 53.5 Å². The third kappa shape index (κ3) is 7.94. The van der Waals surface area contributed by atoms with Gasteiger partial charge in [-0.1, -0.05) is 6.92 Å². The number of guanidine groups is 1. The highest BCUT2D eigenvalue weighted by atomic mass is 127. The maximum Gasteiger partial charge on any atom is 0.216 e. The van der Waals surface area contributed by atoms with Gasteiger partial charge in [-0.25, -0.2) is 9.98 Å². The number of hydrogen-bond acceptors (Lipinski definition) is 4. The van der Waals surface area contributed by atoms with Crippen LogP contribution in [0.2, 0.25) is 0 Å². The van der Waals surface area contributed by atoms with Gasteiger partial charge in [0.25, 0.3) is 0 Å². The van der Waals surface area contributed by atoms with Gasteiger partial charge < -0.3 is 20.0 Å². The summed E-state index contributed by atoms with van der Waals surface area (Å²) in [6, 6.07) is 0. The van der Waals surface area contributed by atoms with Crippen LogP contribution in [0.25, 0.3) is 0 Å². The molecule has 2 rings (SSSR count). The molecule has 2 N–H and O–H groups in total. The van der Waals surface area contributed by atoms with Crippen LogP contribution in [0.1, 0.15) is 50.5 Å². The lowest BCUT2D eigenvalue weighted by Gasteiger charge is -2.30. The van der Waals surface area contributed by atoms with Crippen LogP contribution in [0.5, 0.6) is 0 Å². The van der Waals surface area contributed by atoms with E-state index in [0.717, 1.165) is 49.4 Å². The molecule has 0 spiro atoms. The largest absolute Gasteiger partial charge is 0.444 e. The third-order valence-electron chi connectivity index (χ3n) is 4.61. The van der Waals surface area contributed by atoms with E-state index in [9.17, 15) is 0 Å². The zero-order chi connectivity index (χ0) is 17.4. The van der Waals surface area contributed by atoms with Crippen molar-refractivity contribution in [1.29, 1.82) is 0 Å². The molecule has 2 heterocycles. The van der Waals surface area contributed by atoms with Crippen LogP contribution in [0.4, 0.5) is 0 Å². The molecular weight excluding hydrogens is 429 g/mol. The standard InChI is InChI=1S/C18H33N5O.HI/c1-5-19-18(21-13-17-22-15(3)16(4)24-17)20-9-6-10-23-11-7-14(2)8-12-23;/h14H,5-13H2,1-4H3,(H2,19,20,21);1H. The molecule has 1 aromatic rings. The van der Waals surface area contributed by atoms with E-state index in [-0.39, 0.29) is 24.0 Å². The number of likely N-dealkylation sites (tertiary alicyclic amines) is 1. The summed E-state index contributed by atoms with van der Waals surface area (Å²) in [6.07, 6.45) is 3.81. The van der Waals surface area contributed by atoms with Crippen LogP contribution >= 0.6 is 24.0 Å². The van der Waals surface area contributed by atoms with Crippen molar-refractivity contribution < 1.29 is 4.42 Å². The molecule has 0 aromatic carbocycles. The van der Waals surface area contributed by atoms with Crippen LogP contribution in [0.15, 0.2) is 9.41 Å². The molecule has 144 valence electrons. The number of aliphatic imine (C=N–C) groups is 1. The van der Waals surface area contributed by atoms with Crippen LogP contribution in [-0.2, 0) is 6.54 Å². The first-order valence-electron chi connectivity index (χ1n) is 9.26. The lowest BCUT2D eigenvalue weighted by molar-refractivity contribution is 0.191. The van der Waals surface area contributed by atoms with Gasteiger partial charge in [-0.05, 0) is 65.6 Å². The molecule has 0 atom stereocenters. The van der Waals surface area contributed by atoms with Gasteiger partial charge in [-0.15, -0.1) is 24.0 Å². The van der Waals surface area contributed by atoms with Gasteiger partial charge in [0, 0.05) is 13.1 Å². The Bertz CT molecular complexity index is 504. The van der Waals surface area contributed by atoms with Crippen molar-refractivity contribution in [2.24, 2.45) is 10.9 Å².